The molecule has 1 N–H and O–H groups in total. The average Bonchev–Trinajstić information content (AvgIpc) is 2.43. The Morgan fingerprint density at radius 1 is 1.44 bits per heavy atom. The van der Waals surface area contributed by atoms with Crippen LogP contribution in [0.15, 0.2) is 0 Å². The molecule has 1 saturated carbocycles. The molecule has 1 saturated heterocycles. The van der Waals surface area contributed by atoms with Crippen LogP contribution in [0.5, 0.6) is 0 Å². The molecule has 0 bridgehead atoms. The Morgan fingerprint density at radius 2 is 2.22 bits per heavy atom. The molecule has 1 aliphatic heterocycles. The fraction of sp³-hybridized carbons (Fsp3) is 1.00. The van der Waals surface area contributed by atoms with Crippen molar-refractivity contribution < 1.29 is 0 Å². The topological polar surface area (TPSA) is 12.0 Å². The van der Waals surface area contributed by atoms with E-state index in [4.69, 9.17) is 0 Å². The first-order chi connectivity index (χ1) is 4.29. The van der Waals surface area contributed by atoms with Gasteiger partial charge in [-0.2, -0.15) is 0 Å². The second-order valence-electron chi connectivity index (χ2n) is 3.84. The zero-order valence-electron chi connectivity index (χ0n) is 6.22. The number of hydrogen-bond acceptors (Lipinski definition) is 1. The van der Waals surface area contributed by atoms with Crippen molar-refractivity contribution in [2.75, 3.05) is 6.54 Å². The zero-order valence-corrected chi connectivity index (χ0v) is 6.22. The SMILES string of the molecule is CC(C)[C@H]1NC[C@H]2C[C@H]21. The summed E-state index contributed by atoms with van der Waals surface area (Å²) in [5.41, 5.74) is 0. The largest absolute Gasteiger partial charge is 0.313 e. The van der Waals surface area contributed by atoms with E-state index in [-0.39, 0.29) is 0 Å². The Labute approximate surface area is 56.8 Å². The highest BCUT2D eigenvalue weighted by molar-refractivity contribution is 5.03. The van der Waals surface area contributed by atoms with Gasteiger partial charge in [-0.3, -0.25) is 0 Å². The third kappa shape index (κ3) is 0.787. The lowest BCUT2D eigenvalue weighted by atomic mass is 10.0. The highest BCUT2D eigenvalue weighted by Crippen LogP contribution is 2.46. The van der Waals surface area contributed by atoms with Gasteiger partial charge in [0.05, 0.1) is 0 Å². The van der Waals surface area contributed by atoms with Gasteiger partial charge in [-0.15, -0.1) is 0 Å². The Hall–Kier alpha value is -0.0400. The van der Waals surface area contributed by atoms with E-state index >= 15 is 0 Å². The van der Waals surface area contributed by atoms with Crippen molar-refractivity contribution in [1.82, 2.24) is 5.32 Å². The third-order valence-corrected chi connectivity index (χ3v) is 2.77. The van der Waals surface area contributed by atoms with E-state index in [9.17, 15) is 0 Å². The van der Waals surface area contributed by atoms with Crippen LogP contribution in [0.2, 0.25) is 0 Å². The minimum atomic E-state index is 0.850. The van der Waals surface area contributed by atoms with Crippen molar-refractivity contribution in [2.45, 2.75) is 26.3 Å². The predicted octanol–water partition coefficient (Wildman–Crippen LogP) is 1.25. The third-order valence-electron chi connectivity index (χ3n) is 2.77. The summed E-state index contributed by atoms with van der Waals surface area (Å²) in [6, 6.07) is 0.856. The number of piperidine rings is 1. The molecular formula is C8H15N. The molecule has 3 atom stereocenters. The van der Waals surface area contributed by atoms with E-state index in [2.05, 4.69) is 19.2 Å². The zero-order chi connectivity index (χ0) is 6.43. The lowest BCUT2D eigenvalue weighted by Gasteiger charge is -2.16. The molecule has 0 unspecified atom stereocenters. The molecule has 0 spiro atoms. The van der Waals surface area contributed by atoms with Crippen molar-refractivity contribution in [3.05, 3.63) is 0 Å². The molecule has 1 heteroatoms. The van der Waals surface area contributed by atoms with E-state index in [0.717, 1.165) is 23.8 Å². The molecule has 2 fully saturated rings. The first-order valence-electron chi connectivity index (χ1n) is 4.02. The summed E-state index contributed by atoms with van der Waals surface area (Å²) < 4.78 is 0. The van der Waals surface area contributed by atoms with Gasteiger partial charge >= 0.3 is 0 Å². The van der Waals surface area contributed by atoms with Gasteiger partial charge in [-0.05, 0) is 30.7 Å². The molecule has 2 aliphatic rings. The first-order valence-corrected chi connectivity index (χ1v) is 4.02. The maximum absolute atomic E-state index is 3.56. The summed E-state index contributed by atoms with van der Waals surface area (Å²) in [4.78, 5) is 0. The summed E-state index contributed by atoms with van der Waals surface area (Å²) in [6.45, 7) is 5.93. The summed E-state index contributed by atoms with van der Waals surface area (Å²) in [6.07, 6.45) is 1.51. The summed E-state index contributed by atoms with van der Waals surface area (Å²) in [7, 11) is 0. The molecule has 0 radical (unpaired) electrons. The van der Waals surface area contributed by atoms with E-state index in [0.29, 0.717) is 0 Å². The molecule has 1 heterocycles. The molecule has 52 valence electrons. The Morgan fingerprint density at radius 3 is 2.44 bits per heavy atom. The van der Waals surface area contributed by atoms with Gasteiger partial charge in [0, 0.05) is 6.04 Å². The van der Waals surface area contributed by atoms with Crippen LogP contribution in [0.3, 0.4) is 0 Å². The molecule has 0 aromatic carbocycles. The number of hydrogen-bond donors (Lipinski definition) is 1. The number of rotatable bonds is 1. The van der Waals surface area contributed by atoms with Crippen molar-refractivity contribution in [2.24, 2.45) is 17.8 Å². The Bertz CT molecular complexity index is 120. The van der Waals surface area contributed by atoms with E-state index < -0.39 is 0 Å². The monoisotopic (exact) mass is 125 g/mol. The van der Waals surface area contributed by atoms with Crippen molar-refractivity contribution >= 4 is 0 Å². The van der Waals surface area contributed by atoms with Gasteiger partial charge in [-0.25, -0.2) is 0 Å². The fourth-order valence-corrected chi connectivity index (χ4v) is 2.11. The van der Waals surface area contributed by atoms with Crippen molar-refractivity contribution in [1.29, 1.82) is 0 Å². The Kier molecular flexibility index (Phi) is 1.10. The quantitative estimate of drug-likeness (QED) is 0.556. The molecule has 1 aliphatic carbocycles. The number of nitrogens with one attached hydrogen (secondary N) is 1. The predicted molar refractivity (Wildman–Crippen MR) is 38.2 cm³/mol. The van der Waals surface area contributed by atoms with Gasteiger partial charge in [0.2, 0.25) is 0 Å². The summed E-state index contributed by atoms with van der Waals surface area (Å²) in [5, 5.41) is 3.56. The van der Waals surface area contributed by atoms with Crippen LogP contribution < -0.4 is 5.32 Å². The van der Waals surface area contributed by atoms with Crippen molar-refractivity contribution in [3.63, 3.8) is 0 Å². The van der Waals surface area contributed by atoms with Crippen LogP contribution in [0, 0.1) is 17.8 Å². The lowest BCUT2D eigenvalue weighted by Crippen LogP contribution is -2.31. The van der Waals surface area contributed by atoms with Crippen molar-refractivity contribution in [3.8, 4) is 0 Å². The molecule has 0 aromatic rings. The number of fused-ring (bicyclic) bond motifs is 1. The molecule has 9 heavy (non-hydrogen) atoms. The molecular weight excluding hydrogens is 110 g/mol. The molecule has 1 nitrogen and oxygen atoms in total. The normalized spacial score (nSPS) is 47.7. The van der Waals surface area contributed by atoms with Crippen LogP contribution in [0.25, 0.3) is 0 Å². The smallest absolute Gasteiger partial charge is 0.0122 e. The average molecular weight is 125 g/mol. The van der Waals surface area contributed by atoms with E-state index in [1.54, 1.807) is 0 Å². The van der Waals surface area contributed by atoms with Gasteiger partial charge in [0.25, 0.3) is 0 Å². The van der Waals surface area contributed by atoms with Gasteiger partial charge in [0.15, 0.2) is 0 Å². The maximum Gasteiger partial charge on any atom is 0.0122 e. The van der Waals surface area contributed by atoms with Crippen LogP contribution in [0.4, 0.5) is 0 Å². The van der Waals surface area contributed by atoms with Crippen LogP contribution >= 0.6 is 0 Å². The highest BCUT2D eigenvalue weighted by atomic mass is 15.0. The minimum Gasteiger partial charge on any atom is -0.313 e. The standard InChI is InChI=1S/C8H15N/c1-5(2)8-7-3-6(7)4-9-8/h5-9H,3-4H2,1-2H3/t6-,7-,8-/m1/s1. The van der Waals surface area contributed by atoms with Gasteiger partial charge in [-0.1, -0.05) is 13.8 Å². The molecule has 2 rings (SSSR count). The Balaban J connectivity index is 1.98. The maximum atomic E-state index is 3.56. The highest BCUT2D eigenvalue weighted by Gasteiger charge is 2.48. The van der Waals surface area contributed by atoms with Crippen LogP contribution in [-0.4, -0.2) is 12.6 Å². The molecule has 0 amide bonds. The van der Waals surface area contributed by atoms with E-state index in [1.807, 2.05) is 0 Å². The van der Waals surface area contributed by atoms with Crippen LogP contribution in [0.1, 0.15) is 20.3 Å². The second kappa shape index (κ2) is 1.72. The fourth-order valence-electron chi connectivity index (χ4n) is 2.11. The summed E-state index contributed by atoms with van der Waals surface area (Å²) >= 11 is 0. The first kappa shape index (κ1) is 5.72. The van der Waals surface area contributed by atoms with Gasteiger partial charge in [0.1, 0.15) is 0 Å². The van der Waals surface area contributed by atoms with E-state index in [1.165, 1.54) is 13.0 Å². The van der Waals surface area contributed by atoms with Crippen LogP contribution in [-0.2, 0) is 0 Å². The lowest BCUT2D eigenvalue weighted by molar-refractivity contribution is 0.408. The molecule has 0 aromatic heterocycles. The second-order valence-corrected chi connectivity index (χ2v) is 3.84. The van der Waals surface area contributed by atoms with Gasteiger partial charge < -0.3 is 5.32 Å². The summed E-state index contributed by atoms with van der Waals surface area (Å²) in [5.74, 6) is 2.98. The minimum absolute atomic E-state index is 0.850.